The van der Waals surface area contributed by atoms with Gasteiger partial charge in [-0.3, -0.25) is 20.0 Å². The van der Waals surface area contributed by atoms with E-state index >= 15 is 0 Å². The number of aromatic nitrogens is 2. The summed E-state index contributed by atoms with van der Waals surface area (Å²) in [5.41, 5.74) is 0.566. The van der Waals surface area contributed by atoms with Crippen LogP contribution in [-0.4, -0.2) is 67.4 Å². The monoisotopic (exact) mass is 403 g/mol. The van der Waals surface area contributed by atoms with Gasteiger partial charge in [0.2, 0.25) is 0 Å². The minimum absolute atomic E-state index is 0.00253. The van der Waals surface area contributed by atoms with Crippen molar-refractivity contribution in [3.05, 3.63) is 22.7 Å². The number of nitrogens with zero attached hydrogens (tertiary/aromatic N) is 2. The summed E-state index contributed by atoms with van der Waals surface area (Å²) >= 11 is 1.17. The number of hydrogen-bond acceptors (Lipinski definition) is 10. The van der Waals surface area contributed by atoms with E-state index in [0.29, 0.717) is 5.75 Å². The van der Waals surface area contributed by atoms with Gasteiger partial charge in [0.15, 0.2) is 17.2 Å². The van der Waals surface area contributed by atoms with Crippen LogP contribution in [0.15, 0.2) is 17.1 Å². The van der Waals surface area contributed by atoms with E-state index < -0.39 is 35.6 Å². The van der Waals surface area contributed by atoms with Crippen LogP contribution in [0.3, 0.4) is 0 Å². The molecule has 1 saturated heterocycles. The SMILES string of the molecule is CC(C)(C)C(=O)SCCOC[C@H]1O[C@@H](n2ccc(NO)nc2=O)[C@H](O)[C@@H]1O. The standard InChI is InChI=1S/C16H25N3O7S/c1-16(2,3)14(22)27-7-6-25-8-9-11(20)12(21)13(26-9)19-5-4-10(18-24)17-15(19)23/h4-5,9,11-13,20-21,24H,6-8H2,1-3H3,(H,17,18,23)/t9-,11-,12-,13-/m1/s1. The minimum Gasteiger partial charge on any atom is -0.387 e. The third kappa shape index (κ3) is 5.50. The molecular formula is C16H25N3O7S. The van der Waals surface area contributed by atoms with Crippen molar-refractivity contribution in [2.75, 3.05) is 24.4 Å². The first-order chi connectivity index (χ1) is 12.6. The summed E-state index contributed by atoms with van der Waals surface area (Å²) in [5, 5.41) is 29.1. The van der Waals surface area contributed by atoms with Gasteiger partial charge in [0.25, 0.3) is 0 Å². The molecule has 11 heteroatoms. The highest BCUT2D eigenvalue weighted by Crippen LogP contribution is 2.29. The molecule has 4 atom stereocenters. The van der Waals surface area contributed by atoms with E-state index in [1.165, 1.54) is 24.0 Å². The zero-order valence-corrected chi connectivity index (χ0v) is 16.2. The highest BCUT2D eigenvalue weighted by Gasteiger charge is 2.44. The topological polar surface area (TPSA) is 143 Å². The van der Waals surface area contributed by atoms with Gasteiger partial charge in [-0.05, 0) is 6.07 Å². The second-order valence-electron chi connectivity index (χ2n) is 7.12. The molecule has 0 aromatic carbocycles. The Bertz CT molecular complexity index is 706. The lowest BCUT2D eigenvalue weighted by Crippen LogP contribution is -2.36. The van der Waals surface area contributed by atoms with E-state index in [0.717, 1.165) is 4.57 Å². The van der Waals surface area contributed by atoms with E-state index in [9.17, 15) is 19.8 Å². The number of nitrogens with one attached hydrogen (secondary N) is 1. The van der Waals surface area contributed by atoms with Crippen molar-refractivity contribution in [1.82, 2.24) is 9.55 Å². The molecule has 1 aliphatic rings. The lowest BCUT2D eigenvalue weighted by atomic mass is 10.00. The van der Waals surface area contributed by atoms with Crippen LogP contribution in [-0.2, 0) is 14.3 Å². The van der Waals surface area contributed by atoms with Crippen molar-refractivity contribution in [3.8, 4) is 0 Å². The van der Waals surface area contributed by atoms with Crippen molar-refractivity contribution in [2.45, 2.75) is 45.3 Å². The van der Waals surface area contributed by atoms with E-state index in [1.807, 2.05) is 20.8 Å². The van der Waals surface area contributed by atoms with Crippen LogP contribution < -0.4 is 11.2 Å². The third-order valence-corrected chi connectivity index (χ3v) is 5.16. The summed E-state index contributed by atoms with van der Waals surface area (Å²) < 4.78 is 12.0. The van der Waals surface area contributed by atoms with Crippen molar-refractivity contribution < 1.29 is 29.7 Å². The molecule has 0 bridgehead atoms. The maximum atomic E-state index is 12.0. The number of hydrogen-bond donors (Lipinski definition) is 4. The van der Waals surface area contributed by atoms with Crippen molar-refractivity contribution in [3.63, 3.8) is 0 Å². The Hall–Kier alpha value is -1.50. The fourth-order valence-corrected chi connectivity index (χ4v) is 3.19. The maximum absolute atomic E-state index is 12.0. The quantitative estimate of drug-likeness (QED) is 0.362. The summed E-state index contributed by atoms with van der Waals surface area (Å²) in [4.78, 5) is 27.3. The molecule has 0 aliphatic carbocycles. The van der Waals surface area contributed by atoms with Gasteiger partial charge in [0.1, 0.15) is 18.3 Å². The molecular weight excluding hydrogens is 378 g/mol. The summed E-state index contributed by atoms with van der Waals surface area (Å²) in [6.07, 6.45) is -3.27. The molecule has 0 spiro atoms. The van der Waals surface area contributed by atoms with Crippen LogP contribution in [0.4, 0.5) is 5.82 Å². The van der Waals surface area contributed by atoms with Crippen molar-refractivity contribution >= 4 is 22.7 Å². The average Bonchev–Trinajstić information content (AvgIpc) is 2.88. The van der Waals surface area contributed by atoms with Crippen LogP contribution in [0.1, 0.15) is 27.0 Å². The van der Waals surface area contributed by atoms with Gasteiger partial charge in [-0.15, -0.1) is 0 Å². The van der Waals surface area contributed by atoms with Crippen molar-refractivity contribution in [2.24, 2.45) is 5.41 Å². The molecule has 0 radical (unpaired) electrons. The Labute approximate surface area is 160 Å². The number of aliphatic hydroxyl groups excluding tert-OH is 2. The number of thioether (sulfide) groups is 1. The first-order valence-corrected chi connectivity index (χ1v) is 9.39. The lowest BCUT2D eigenvalue weighted by Gasteiger charge is -2.17. The van der Waals surface area contributed by atoms with E-state index in [-0.39, 0.29) is 24.1 Å². The van der Waals surface area contributed by atoms with Gasteiger partial charge in [-0.25, -0.2) is 4.79 Å². The Morgan fingerprint density at radius 2 is 2.11 bits per heavy atom. The largest absolute Gasteiger partial charge is 0.387 e. The number of aliphatic hydroxyl groups is 2. The summed E-state index contributed by atoms with van der Waals surface area (Å²) in [7, 11) is 0. The molecule has 152 valence electrons. The van der Waals surface area contributed by atoms with E-state index in [4.69, 9.17) is 14.7 Å². The Kier molecular flexibility index (Phi) is 7.37. The Balaban J connectivity index is 1.86. The highest BCUT2D eigenvalue weighted by molar-refractivity contribution is 8.13. The van der Waals surface area contributed by atoms with Gasteiger partial charge in [-0.2, -0.15) is 4.98 Å². The molecule has 10 nitrogen and oxygen atoms in total. The molecule has 1 fully saturated rings. The first kappa shape index (κ1) is 21.8. The third-order valence-electron chi connectivity index (χ3n) is 3.91. The minimum atomic E-state index is -1.34. The number of rotatable bonds is 7. The number of carbonyl (C=O) groups is 1. The molecule has 27 heavy (non-hydrogen) atoms. The fourth-order valence-electron chi connectivity index (χ4n) is 2.37. The molecule has 2 heterocycles. The molecule has 0 amide bonds. The summed E-state index contributed by atoms with van der Waals surface area (Å²) in [6.45, 7) is 5.80. The number of anilines is 1. The molecule has 1 aromatic heterocycles. The molecule has 0 unspecified atom stereocenters. The second kappa shape index (κ2) is 9.13. The van der Waals surface area contributed by atoms with Crippen LogP contribution in [0.25, 0.3) is 0 Å². The maximum Gasteiger partial charge on any atom is 0.351 e. The summed E-state index contributed by atoms with van der Waals surface area (Å²) in [6, 6.07) is 1.32. The molecule has 2 rings (SSSR count). The second-order valence-corrected chi connectivity index (χ2v) is 8.19. The normalized spacial score (nSPS) is 25.6. The number of carbonyl (C=O) groups excluding carboxylic acids is 1. The van der Waals surface area contributed by atoms with Gasteiger partial charge in [0, 0.05) is 17.4 Å². The predicted molar refractivity (Wildman–Crippen MR) is 97.6 cm³/mol. The van der Waals surface area contributed by atoms with Gasteiger partial charge in [0.05, 0.1) is 13.2 Å². The summed E-state index contributed by atoms with van der Waals surface area (Å²) in [5.74, 6) is 0.413. The predicted octanol–water partition coefficient (Wildman–Crippen LogP) is -0.0139. The van der Waals surface area contributed by atoms with Crippen LogP contribution in [0, 0.1) is 5.41 Å². The van der Waals surface area contributed by atoms with Gasteiger partial charge < -0.3 is 19.7 Å². The Morgan fingerprint density at radius 3 is 2.70 bits per heavy atom. The average molecular weight is 403 g/mol. The van der Waals surface area contributed by atoms with E-state index in [1.54, 1.807) is 5.48 Å². The van der Waals surface area contributed by atoms with Crippen LogP contribution in [0.5, 0.6) is 0 Å². The number of ether oxygens (including phenoxy) is 2. The van der Waals surface area contributed by atoms with Crippen LogP contribution >= 0.6 is 11.8 Å². The molecule has 1 aliphatic heterocycles. The zero-order chi connectivity index (χ0) is 20.2. The van der Waals surface area contributed by atoms with Crippen molar-refractivity contribution in [1.29, 1.82) is 0 Å². The Morgan fingerprint density at radius 1 is 1.41 bits per heavy atom. The highest BCUT2D eigenvalue weighted by atomic mass is 32.2. The van der Waals surface area contributed by atoms with Gasteiger partial charge >= 0.3 is 5.69 Å². The van der Waals surface area contributed by atoms with E-state index in [2.05, 4.69) is 4.98 Å². The molecule has 0 saturated carbocycles. The lowest BCUT2D eigenvalue weighted by molar-refractivity contribution is -0.117. The first-order valence-electron chi connectivity index (χ1n) is 8.41. The van der Waals surface area contributed by atoms with Gasteiger partial charge in [-0.1, -0.05) is 32.5 Å². The molecule has 4 N–H and O–H groups in total. The fraction of sp³-hybridized carbons (Fsp3) is 0.688. The zero-order valence-electron chi connectivity index (χ0n) is 15.4. The molecule has 1 aromatic rings. The van der Waals surface area contributed by atoms with Crippen LogP contribution in [0.2, 0.25) is 0 Å². The smallest absolute Gasteiger partial charge is 0.351 e.